The Labute approximate surface area is 179 Å². The van der Waals surface area contributed by atoms with E-state index in [2.05, 4.69) is 0 Å². The molecule has 0 spiro atoms. The van der Waals surface area contributed by atoms with Gasteiger partial charge in [0.2, 0.25) is 0 Å². The van der Waals surface area contributed by atoms with Crippen LogP contribution in [0.2, 0.25) is 5.02 Å². The van der Waals surface area contributed by atoms with E-state index in [9.17, 15) is 18.3 Å². The number of hydrogen-bond donors (Lipinski definition) is 1. The number of nitrogens with zero attached hydrogens (tertiary/aromatic N) is 1. The smallest absolute Gasteiger partial charge is 0.324 e. The van der Waals surface area contributed by atoms with E-state index in [0.29, 0.717) is 17.2 Å². The molecule has 0 saturated carbocycles. The van der Waals surface area contributed by atoms with Crippen LogP contribution in [0.3, 0.4) is 0 Å². The zero-order valence-electron chi connectivity index (χ0n) is 15.9. The molecule has 0 aliphatic carbocycles. The quantitative estimate of drug-likeness (QED) is 0.549. The molecule has 1 N–H and O–H groups in total. The normalized spacial score (nSPS) is 11.0. The molecule has 0 unspecified atom stereocenters. The molecule has 3 aromatic carbocycles. The molecule has 0 atom stereocenters. The molecule has 3 rings (SSSR count). The fourth-order valence-corrected chi connectivity index (χ4v) is 4.44. The predicted molar refractivity (Wildman–Crippen MR) is 113 cm³/mol. The van der Waals surface area contributed by atoms with Crippen LogP contribution in [0.4, 0.5) is 5.69 Å². The molecule has 3 aromatic rings. The number of aliphatic carboxylic acids is 1. The molecule has 0 aliphatic heterocycles. The van der Waals surface area contributed by atoms with Gasteiger partial charge in [-0.05, 0) is 54.6 Å². The molecule has 0 radical (unpaired) electrons. The Morgan fingerprint density at radius 3 is 2.20 bits per heavy atom. The van der Waals surface area contributed by atoms with Gasteiger partial charge in [-0.3, -0.25) is 9.10 Å². The van der Waals surface area contributed by atoms with Gasteiger partial charge < -0.3 is 14.6 Å². The second-order valence-electron chi connectivity index (χ2n) is 6.11. The lowest BCUT2D eigenvalue weighted by atomic mass is 10.3. The highest BCUT2D eigenvalue weighted by Crippen LogP contribution is 2.31. The number of benzene rings is 3. The van der Waals surface area contributed by atoms with Crippen LogP contribution in [0.1, 0.15) is 0 Å². The van der Waals surface area contributed by atoms with Gasteiger partial charge in [-0.15, -0.1) is 0 Å². The number of hydrogen-bond acceptors (Lipinski definition) is 5. The van der Waals surface area contributed by atoms with Gasteiger partial charge in [0.1, 0.15) is 23.8 Å². The first kappa shape index (κ1) is 21.5. The fraction of sp³-hybridized carbons (Fsp3) is 0.0952. The van der Waals surface area contributed by atoms with Gasteiger partial charge in [0.05, 0.1) is 22.7 Å². The van der Waals surface area contributed by atoms with E-state index in [4.69, 9.17) is 21.1 Å². The van der Waals surface area contributed by atoms with Gasteiger partial charge in [0, 0.05) is 0 Å². The third-order valence-electron chi connectivity index (χ3n) is 4.09. The second-order valence-corrected chi connectivity index (χ2v) is 8.38. The topological polar surface area (TPSA) is 93.1 Å². The van der Waals surface area contributed by atoms with E-state index in [1.807, 2.05) is 18.2 Å². The SMILES string of the molecule is COc1ccc(S(=O)(=O)N(CC(=O)O)c2ccc(Oc3ccccc3)cc2)cc1Cl. The summed E-state index contributed by atoms with van der Waals surface area (Å²) < 4.78 is 37.8. The van der Waals surface area contributed by atoms with Crippen LogP contribution in [0.25, 0.3) is 0 Å². The van der Waals surface area contributed by atoms with Crippen molar-refractivity contribution in [1.82, 2.24) is 0 Å². The Morgan fingerprint density at radius 1 is 1.00 bits per heavy atom. The molecule has 0 aliphatic rings. The highest BCUT2D eigenvalue weighted by molar-refractivity contribution is 7.92. The summed E-state index contributed by atoms with van der Waals surface area (Å²) in [5.41, 5.74) is 0.171. The monoisotopic (exact) mass is 447 g/mol. The molecular formula is C21H18ClNO6S. The van der Waals surface area contributed by atoms with Gasteiger partial charge in [0.25, 0.3) is 10.0 Å². The minimum absolute atomic E-state index is 0.0976. The summed E-state index contributed by atoms with van der Waals surface area (Å²) in [6, 6.07) is 19.1. The number of para-hydroxylation sites is 1. The fourth-order valence-electron chi connectivity index (χ4n) is 2.68. The molecule has 0 aromatic heterocycles. The summed E-state index contributed by atoms with van der Waals surface area (Å²) in [5.74, 6) is 0.101. The first-order valence-electron chi connectivity index (χ1n) is 8.72. The Hall–Kier alpha value is -3.23. The average Bonchev–Trinajstić information content (AvgIpc) is 2.73. The van der Waals surface area contributed by atoms with Crippen LogP contribution in [-0.2, 0) is 14.8 Å². The number of rotatable bonds is 8. The van der Waals surface area contributed by atoms with Crippen LogP contribution in [0, 0.1) is 0 Å². The van der Waals surface area contributed by atoms with Gasteiger partial charge in [-0.2, -0.15) is 0 Å². The van der Waals surface area contributed by atoms with Crippen LogP contribution in [0.15, 0.2) is 77.7 Å². The van der Waals surface area contributed by atoms with Crippen LogP contribution >= 0.6 is 11.6 Å². The first-order chi connectivity index (χ1) is 14.3. The maximum Gasteiger partial charge on any atom is 0.324 e. The number of carbonyl (C=O) groups is 1. The van der Waals surface area contributed by atoms with Gasteiger partial charge in [-0.1, -0.05) is 29.8 Å². The zero-order valence-corrected chi connectivity index (χ0v) is 17.4. The average molecular weight is 448 g/mol. The van der Waals surface area contributed by atoms with E-state index >= 15 is 0 Å². The molecule has 156 valence electrons. The van der Waals surface area contributed by atoms with Gasteiger partial charge in [0.15, 0.2) is 0 Å². The largest absolute Gasteiger partial charge is 0.495 e. The Kier molecular flexibility index (Phi) is 6.49. The predicted octanol–water partition coefficient (Wildman–Crippen LogP) is 4.42. The van der Waals surface area contributed by atoms with Crippen LogP contribution < -0.4 is 13.8 Å². The van der Waals surface area contributed by atoms with Crippen molar-refractivity contribution in [3.8, 4) is 17.2 Å². The molecule has 30 heavy (non-hydrogen) atoms. The Balaban J connectivity index is 1.93. The summed E-state index contributed by atoms with van der Waals surface area (Å²) in [6.45, 7) is -0.759. The molecule has 0 heterocycles. The summed E-state index contributed by atoms with van der Waals surface area (Å²) >= 11 is 6.05. The minimum atomic E-state index is -4.20. The van der Waals surface area contributed by atoms with Crippen LogP contribution in [0.5, 0.6) is 17.2 Å². The summed E-state index contributed by atoms with van der Waals surface area (Å²) in [5, 5.41) is 9.36. The summed E-state index contributed by atoms with van der Waals surface area (Å²) in [4.78, 5) is 11.2. The van der Waals surface area contributed by atoms with Crippen molar-refractivity contribution in [2.45, 2.75) is 4.90 Å². The minimum Gasteiger partial charge on any atom is -0.495 e. The Bertz CT molecular complexity index is 1130. The van der Waals surface area contributed by atoms with E-state index < -0.39 is 22.5 Å². The third kappa shape index (κ3) is 4.84. The molecule has 9 heteroatoms. The van der Waals surface area contributed by atoms with E-state index in [0.717, 1.165) is 4.31 Å². The lowest BCUT2D eigenvalue weighted by Crippen LogP contribution is -2.35. The van der Waals surface area contributed by atoms with E-state index in [1.54, 1.807) is 24.3 Å². The van der Waals surface area contributed by atoms with Crippen molar-refractivity contribution in [2.75, 3.05) is 18.0 Å². The Morgan fingerprint density at radius 2 is 1.63 bits per heavy atom. The van der Waals surface area contributed by atoms with Crippen molar-refractivity contribution >= 4 is 33.3 Å². The number of ether oxygens (including phenoxy) is 2. The second kappa shape index (κ2) is 9.06. The van der Waals surface area contributed by atoms with Crippen molar-refractivity contribution in [1.29, 1.82) is 0 Å². The molecule has 7 nitrogen and oxygen atoms in total. The highest BCUT2D eigenvalue weighted by Gasteiger charge is 2.28. The maximum absolute atomic E-state index is 13.1. The molecule has 0 amide bonds. The lowest BCUT2D eigenvalue weighted by Gasteiger charge is -2.23. The van der Waals surface area contributed by atoms with Crippen LogP contribution in [-0.4, -0.2) is 33.1 Å². The first-order valence-corrected chi connectivity index (χ1v) is 10.5. The van der Waals surface area contributed by atoms with E-state index in [-0.39, 0.29) is 15.6 Å². The molecule has 0 bridgehead atoms. The molecule has 0 fully saturated rings. The highest BCUT2D eigenvalue weighted by atomic mass is 35.5. The van der Waals surface area contributed by atoms with E-state index in [1.165, 1.54) is 37.4 Å². The number of methoxy groups -OCH3 is 1. The van der Waals surface area contributed by atoms with Gasteiger partial charge in [-0.25, -0.2) is 8.42 Å². The molecular weight excluding hydrogens is 430 g/mol. The standard InChI is InChI=1S/C21H18ClNO6S/c1-28-20-12-11-18(13-19(20)22)30(26,27)23(14-21(24)25)15-7-9-17(10-8-15)29-16-5-3-2-4-6-16/h2-13H,14H2,1H3,(H,24,25). The number of carboxylic acid groups (broad SMARTS) is 1. The zero-order chi connectivity index (χ0) is 21.7. The van der Waals surface area contributed by atoms with Crippen molar-refractivity contribution in [2.24, 2.45) is 0 Å². The van der Waals surface area contributed by atoms with Crippen molar-refractivity contribution < 1.29 is 27.8 Å². The van der Waals surface area contributed by atoms with Crippen molar-refractivity contribution in [3.05, 3.63) is 77.8 Å². The number of halogens is 1. The van der Waals surface area contributed by atoms with Crippen molar-refractivity contribution in [3.63, 3.8) is 0 Å². The number of carboxylic acids is 1. The number of sulfonamides is 1. The van der Waals surface area contributed by atoms with Gasteiger partial charge >= 0.3 is 5.97 Å². The third-order valence-corrected chi connectivity index (χ3v) is 6.16. The lowest BCUT2D eigenvalue weighted by molar-refractivity contribution is -0.135. The number of anilines is 1. The summed E-state index contributed by atoms with van der Waals surface area (Å²) in [6.07, 6.45) is 0. The summed E-state index contributed by atoms with van der Waals surface area (Å²) in [7, 11) is -2.79. The molecule has 0 saturated heterocycles. The maximum atomic E-state index is 13.1.